The number of pyridine rings is 2. The standard InChI is InChI=1S/C22H22N4O3/c1-15(2)29-22(28)19-6-4-12-24-20(19)25-13-16-7-9-18(10-8-16)26-21(27)17-5-3-11-23-14-17/h3-12,14-15H,13H2,1-2H3,(H,24,25)(H,26,27). The molecule has 3 rings (SSSR count). The van der Waals surface area contributed by atoms with Crippen LogP contribution in [0.3, 0.4) is 0 Å². The van der Waals surface area contributed by atoms with Crippen molar-refractivity contribution >= 4 is 23.4 Å². The molecule has 0 aliphatic rings. The summed E-state index contributed by atoms with van der Waals surface area (Å²) in [5.41, 5.74) is 2.54. The van der Waals surface area contributed by atoms with Crippen molar-refractivity contribution < 1.29 is 14.3 Å². The van der Waals surface area contributed by atoms with Crippen molar-refractivity contribution in [1.29, 1.82) is 0 Å². The van der Waals surface area contributed by atoms with Crippen LogP contribution in [0.25, 0.3) is 0 Å². The minimum atomic E-state index is -0.413. The third-order valence-electron chi connectivity index (χ3n) is 3.97. The number of benzene rings is 1. The Kier molecular flexibility index (Phi) is 6.52. The first-order valence-corrected chi connectivity index (χ1v) is 9.23. The second kappa shape index (κ2) is 9.45. The summed E-state index contributed by atoms with van der Waals surface area (Å²) in [7, 11) is 0. The van der Waals surface area contributed by atoms with Crippen molar-refractivity contribution in [3.05, 3.63) is 83.8 Å². The fraction of sp³-hybridized carbons (Fsp3) is 0.182. The van der Waals surface area contributed by atoms with E-state index in [0.29, 0.717) is 29.2 Å². The summed E-state index contributed by atoms with van der Waals surface area (Å²) in [6, 6.07) is 14.2. The van der Waals surface area contributed by atoms with E-state index in [9.17, 15) is 9.59 Å². The summed E-state index contributed by atoms with van der Waals surface area (Å²) in [6.45, 7) is 4.07. The molecule has 0 fully saturated rings. The van der Waals surface area contributed by atoms with E-state index in [-0.39, 0.29) is 12.0 Å². The molecule has 0 atom stereocenters. The minimum Gasteiger partial charge on any atom is -0.459 e. The Hall–Kier alpha value is -3.74. The van der Waals surface area contributed by atoms with E-state index < -0.39 is 5.97 Å². The maximum atomic E-state index is 12.2. The largest absolute Gasteiger partial charge is 0.459 e. The molecule has 0 saturated heterocycles. The smallest absolute Gasteiger partial charge is 0.342 e. The van der Waals surface area contributed by atoms with E-state index in [1.54, 1.807) is 50.5 Å². The lowest BCUT2D eigenvalue weighted by Gasteiger charge is -2.12. The number of amides is 1. The SMILES string of the molecule is CC(C)OC(=O)c1cccnc1NCc1ccc(NC(=O)c2cccnc2)cc1. The highest BCUT2D eigenvalue weighted by Crippen LogP contribution is 2.16. The number of esters is 1. The van der Waals surface area contributed by atoms with Gasteiger partial charge in [-0.2, -0.15) is 0 Å². The van der Waals surface area contributed by atoms with E-state index >= 15 is 0 Å². The van der Waals surface area contributed by atoms with Gasteiger partial charge in [0, 0.05) is 30.8 Å². The second-order valence-electron chi connectivity index (χ2n) is 6.60. The van der Waals surface area contributed by atoms with Gasteiger partial charge in [0.05, 0.1) is 11.7 Å². The van der Waals surface area contributed by atoms with Crippen molar-refractivity contribution in [2.75, 3.05) is 10.6 Å². The summed E-state index contributed by atoms with van der Waals surface area (Å²) in [5, 5.41) is 5.99. The third kappa shape index (κ3) is 5.62. The lowest BCUT2D eigenvalue weighted by molar-refractivity contribution is 0.0378. The van der Waals surface area contributed by atoms with Gasteiger partial charge in [-0.1, -0.05) is 12.1 Å². The van der Waals surface area contributed by atoms with E-state index in [4.69, 9.17) is 4.74 Å². The van der Waals surface area contributed by atoms with E-state index in [1.807, 2.05) is 24.3 Å². The van der Waals surface area contributed by atoms with Gasteiger partial charge in [-0.15, -0.1) is 0 Å². The zero-order chi connectivity index (χ0) is 20.6. The average Bonchev–Trinajstić information content (AvgIpc) is 2.73. The Bertz CT molecular complexity index is 973. The minimum absolute atomic E-state index is 0.204. The Morgan fingerprint density at radius 3 is 2.48 bits per heavy atom. The molecule has 0 aliphatic heterocycles. The number of nitrogens with one attached hydrogen (secondary N) is 2. The number of rotatable bonds is 7. The average molecular weight is 390 g/mol. The normalized spacial score (nSPS) is 10.4. The van der Waals surface area contributed by atoms with Crippen LogP contribution < -0.4 is 10.6 Å². The van der Waals surface area contributed by atoms with Crippen LogP contribution >= 0.6 is 0 Å². The van der Waals surface area contributed by atoms with Gasteiger partial charge in [-0.3, -0.25) is 9.78 Å². The molecule has 0 bridgehead atoms. The first-order chi connectivity index (χ1) is 14.0. The summed E-state index contributed by atoms with van der Waals surface area (Å²) in [6.07, 6.45) is 4.55. The fourth-order valence-electron chi connectivity index (χ4n) is 2.58. The molecule has 0 radical (unpaired) electrons. The Morgan fingerprint density at radius 1 is 1.03 bits per heavy atom. The number of hydrogen-bond donors (Lipinski definition) is 2. The van der Waals surface area contributed by atoms with Gasteiger partial charge in [0.1, 0.15) is 11.4 Å². The molecule has 2 aromatic heterocycles. The lowest BCUT2D eigenvalue weighted by Crippen LogP contribution is -2.15. The summed E-state index contributed by atoms with van der Waals surface area (Å²) < 4.78 is 5.25. The van der Waals surface area contributed by atoms with Crippen LogP contribution in [0.15, 0.2) is 67.1 Å². The van der Waals surface area contributed by atoms with Gasteiger partial charge in [-0.25, -0.2) is 9.78 Å². The number of carbonyl (C=O) groups excluding carboxylic acids is 2. The molecule has 3 aromatic rings. The van der Waals surface area contributed by atoms with Crippen LogP contribution in [0.2, 0.25) is 0 Å². The second-order valence-corrected chi connectivity index (χ2v) is 6.60. The van der Waals surface area contributed by atoms with Crippen LogP contribution in [0.4, 0.5) is 11.5 Å². The van der Waals surface area contributed by atoms with Crippen LogP contribution in [0.5, 0.6) is 0 Å². The molecule has 2 heterocycles. The topological polar surface area (TPSA) is 93.2 Å². The zero-order valence-corrected chi connectivity index (χ0v) is 16.3. The molecule has 0 spiro atoms. The summed E-state index contributed by atoms with van der Waals surface area (Å²) in [5.74, 6) is -0.165. The summed E-state index contributed by atoms with van der Waals surface area (Å²) in [4.78, 5) is 32.6. The zero-order valence-electron chi connectivity index (χ0n) is 16.3. The maximum Gasteiger partial charge on any atom is 0.342 e. The highest BCUT2D eigenvalue weighted by molar-refractivity contribution is 6.04. The number of anilines is 2. The molecule has 7 nitrogen and oxygen atoms in total. The van der Waals surface area contributed by atoms with Crippen molar-refractivity contribution in [1.82, 2.24) is 9.97 Å². The van der Waals surface area contributed by atoms with Crippen molar-refractivity contribution in [2.24, 2.45) is 0 Å². The fourth-order valence-corrected chi connectivity index (χ4v) is 2.58. The Morgan fingerprint density at radius 2 is 1.79 bits per heavy atom. The molecular weight excluding hydrogens is 368 g/mol. The molecule has 1 amide bonds. The Labute approximate surface area is 169 Å². The van der Waals surface area contributed by atoms with Crippen molar-refractivity contribution in [3.8, 4) is 0 Å². The van der Waals surface area contributed by atoms with Gasteiger partial charge >= 0.3 is 5.97 Å². The van der Waals surface area contributed by atoms with Gasteiger partial charge in [0.25, 0.3) is 5.91 Å². The van der Waals surface area contributed by atoms with Gasteiger partial charge in [-0.05, 0) is 55.8 Å². The van der Waals surface area contributed by atoms with Crippen molar-refractivity contribution in [3.63, 3.8) is 0 Å². The summed E-state index contributed by atoms with van der Waals surface area (Å²) >= 11 is 0. The molecule has 2 N–H and O–H groups in total. The molecule has 29 heavy (non-hydrogen) atoms. The van der Waals surface area contributed by atoms with Gasteiger partial charge in [0.2, 0.25) is 0 Å². The van der Waals surface area contributed by atoms with Gasteiger partial charge < -0.3 is 15.4 Å². The lowest BCUT2D eigenvalue weighted by atomic mass is 10.2. The van der Waals surface area contributed by atoms with Crippen LogP contribution in [-0.4, -0.2) is 27.9 Å². The number of carbonyl (C=O) groups is 2. The number of ether oxygens (including phenoxy) is 1. The van der Waals surface area contributed by atoms with E-state index in [1.165, 1.54) is 6.20 Å². The monoisotopic (exact) mass is 390 g/mol. The molecule has 7 heteroatoms. The number of hydrogen-bond acceptors (Lipinski definition) is 6. The van der Waals surface area contributed by atoms with E-state index in [0.717, 1.165) is 5.56 Å². The number of aromatic nitrogens is 2. The first kappa shape index (κ1) is 20.0. The predicted molar refractivity (Wildman–Crippen MR) is 111 cm³/mol. The van der Waals surface area contributed by atoms with Gasteiger partial charge in [0.15, 0.2) is 0 Å². The highest BCUT2D eigenvalue weighted by Gasteiger charge is 2.15. The van der Waals surface area contributed by atoms with Crippen LogP contribution in [-0.2, 0) is 11.3 Å². The predicted octanol–water partition coefficient (Wildman–Crippen LogP) is 3.91. The molecular formula is C22H22N4O3. The molecule has 148 valence electrons. The molecule has 0 unspecified atom stereocenters. The first-order valence-electron chi connectivity index (χ1n) is 9.23. The molecule has 1 aromatic carbocycles. The Balaban J connectivity index is 1.61. The molecule has 0 saturated carbocycles. The van der Waals surface area contributed by atoms with Crippen LogP contribution in [0, 0.1) is 0 Å². The van der Waals surface area contributed by atoms with E-state index in [2.05, 4.69) is 20.6 Å². The van der Waals surface area contributed by atoms with Crippen molar-refractivity contribution in [2.45, 2.75) is 26.5 Å². The highest BCUT2D eigenvalue weighted by atomic mass is 16.5. The number of nitrogens with zero attached hydrogens (tertiary/aromatic N) is 2. The third-order valence-corrected chi connectivity index (χ3v) is 3.97. The quantitative estimate of drug-likeness (QED) is 0.594. The van der Waals surface area contributed by atoms with Crippen LogP contribution in [0.1, 0.15) is 40.1 Å². The maximum absolute atomic E-state index is 12.2. The molecule has 0 aliphatic carbocycles.